The van der Waals surface area contributed by atoms with Gasteiger partial charge in [0.25, 0.3) is 5.91 Å². The first-order chi connectivity index (χ1) is 13.9. The Morgan fingerprint density at radius 1 is 1.24 bits per heavy atom. The zero-order valence-electron chi connectivity index (χ0n) is 16.0. The van der Waals surface area contributed by atoms with Crippen LogP contribution in [0.1, 0.15) is 25.0 Å². The Labute approximate surface area is 179 Å². The average molecular weight is 435 g/mol. The summed E-state index contributed by atoms with van der Waals surface area (Å²) in [7, 11) is 0. The number of thiocarbonyl (C=S) groups is 1. The first-order valence-corrected chi connectivity index (χ1v) is 9.90. The molecule has 0 atom stereocenters. The molecule has 0 spiro atoms. The highest BCUT2D eigenvalue weighted by Gasteiger charge is 2.29. The summed E-state index contributed by atoms with van der Waals surface area (Å²) in [6, 6.07) is 9.73. The summed E-state index contributed by atoms with van der Waals surface area (Å²) >= 11 is 11.6. The summed E-state index contributed by atoms with van der Waals surface area (Å²) < 4.78 is 25.3. The van der Waals surface area contributed by atoms with E-state index in [1.165, 1.54) is 11.0 Å². The van der Waals surface area contributed by atoms with Gasteiger partial charge in [0.05, 0.1) is 11.6 Å². The molecule has 1 N–H and O–H groups in total. The third kappa shape index (κ3) is 4.68. The molecule has 1 amide bonds. The van der Waals surface area contributed by atoms with Gasteiger partial charge in [-0.3, -0.25) is 9.69 Å². The molecule has 0 bridgehead atoms. The molecule has 29 heavy (non-hydrogen) atoms. The highest BCUT2D eigenvalue weighted by molar-refractivity contribution is 7.80. The molecule has 2 aromatic rings. The molecule has 152 valence electrons. The van der Waals surface area contributed by atoms with Crippen molar-refractivity contribution in [1.82, 2.24) is 10.2 Å². The number of rotatable bonds is 7. The second-order valence-corrected chi connectivity index (χ2v) is 6.97. The topological polar surface area (TPSA) is 50.8 Å². The Morgan fingerprint density at radius 3 is 2.66 bits per heavy atom. The summed E-state index contributed by atoms with van der Waals surface area (Å²) in [6.45, 7) is 4.56. The van der Waals surface area contributed by atoms with Crippen LogP contribution in [0.4, 0.5) is 4.39 Å². The fourth-order valence-electron chi connectivity index (χ4n) is 2.87. The maximum Gasteiger partial charge on any atom is 0.276 e. The van der Waals surface area contributed by atoms with Crippen LogP contribution >= 0.6 is 23.8 Å². The normalized spacial score (nSPS) is 15.0. The molecule has 0 aromatic heterocycles. The molecule has 0 radical (unpaired) electrons. The zero-order valence-corrected chi connectivity index (χ0v) is 17.6. The molecule has 0 unspecified atom stereocenters. The molecular formula is C21H20ClFN2O3S. The van der Waals surface area contributed by atoms with Gasteiger partial charge in [0, 0.05) is 12.1 Å². The van der Waals surface area contributed by atoms with E-state index >= 15 is 0 Å². The van der Waals surface area contributed by atoms with Gasteiger partial charge in [-0.1, -0.05) is 29.8 Å². The second-order valence-electron chi connectivity index (χ2n) is 6.18. The van der Waals surface area contributed by atoms with Crippen molar-refractivity contribution in [3.8, 4) is 11.5 Å². The molecule has 1 heterocycles. The number of nitrogens with zero attached hydrogens (tertiary/aromatic N) is 1. The summed E-state index contributed by atoms with van der Waals surface area (Å²) in [5.41, 5.74) is 1.41. The highest BCUT2D eigenvalue weighted by atomic mass is 35.5. The number of benzene rings is 2. The predicted molar refractivity (Wildman–Crippen MR) is 114 cm³/mol. The van der Waals surface area contributed by atoms with Crippen molar-refractivity contribution >= 4 is 40.9 Å². The number of ether oxygens (including phenoxy) is 2. The number of carbonyl (C=O) groups excluding carboxylic acids is 1. The first-order valence-electron chi connectivity index (χ1n) is 9.11. The predicted octanol–water partition coefficient (Wildman–Crippen LogP) is 4.53. The number of carbonyl (C=O) groups is 1. The van der Waals surface area contributed by atoms with E-state index in [1.54, 1.807) is 36.4 Å². The van der Waals surface area contributed by atoms with Crippen LogP contribution in [-0.4, -0.2) is 29.1 Å². The van der Waals surface area contributed by atoms with Crippen LogP contribution in [0.2, 0.25) is 5.02 Å². The molecule has 1 saturated heterocycles. The maximum atomic E-state index is 13.9. The lowest BCUT2D eigenvalue weighted by atomic mass is 10.1. The second kappa shape index (κ2) is 9.24. The van der Waals surface area contributed by atoms with E-state index in [9.17, 15) is 9.18 Å². The standard InChI is InChI=1S/C21H20ClFN2O3S/c1-3-25-20(26)17(24-21(25)29)10-13-9-15(22)19(18(11-13)27-4-2)28-12-14-7-5-6-8-16(14)23/h5-11H,3-4,12H2,1-2H3,(H,24,29)/b17-10-. The average Bonchev–Trinajstić information content (AvgIpc) is 2.95. The molecule has 0 aliphatic carbocycles. The maximum absolute atomic E-state index is 13.9. The van der Waals surface area contributed by atoms with Crippen molar-refractivity contribution in [2.75, 3.05) is 13.2 Å². The number of amides is 1. The minimum absolute atomic E-state index is 0.00662. The van der Waals surface area contributed by atoms with Gasteiger partial charge in [0.2, 0.25) is 0 Å². The molecule has 5 nitrogen and oxygen atoms in total. The summed E-state index contributed by atoms with van der Waals surface area (Å²) in [4.78, 5) is 13.9. The number of hydrogen-bond acceptors (Lipinski definition) is 4. The Hall–Kier alpha value is -2.64. The zero-order chi connectivity index (χ0) is 21.0. The summed E-state index contributed by atoms with van der Waals surface area (Å²) in [5.74, 6) is 0.163. The molecule has 3 rings (SSSR count). The SMILES string of the molecule is CCOc1cc(/C=C2\NC(=S)N(CC)C2=O)cc(Cl)c1OCc1ccccc1F. The van der Waals surface area contributed by atoms with Crippen molar-refractivity contribution in [2.24, 2.45) is 0 Å². The molecule has 1 fully saturated rings. The van der Waals surface area contributed by atoms with E-state index in [0.29, 0.717) is 51.6 Å². The minimum Gasteiger partial charge on any atom is -0.490 e. The number of halogens is 2. The third-order valence-electron chi connectivity index (χ3n) is 4.25. The van der Waals surface area contributed by atoms with Gasteiger partial charge in [-0.25, -0.2) is 4.39 Å². The van der Waals surface area contributed by atoms with Crippen LogP contribution in [0.5, 0.6) is 11.5 Å². The molecule has 1 aliphatic rings. The van der Waals surface area contributed by atoms with Crippen LogP contribution in [0.15, 0.2) is 42.1 Å². The fraction of sp³-hybridized carbons (Fsp3) is 0.238. The van der Waals surface area contributed by atoms with Crippen LogP contribution in [-0.2, 0) is 11.4 Å². The van der Waals surface area contributed by atoms with Gasteiger partial charge in [0.1, 0.15) is 18.1 Å². The lowest BCUT2D eigenvalue weighted by Crippen LogP contribution is -2.30. The van der Waals surface area contributed by atoms with Crippen molar-refractivity contribution in [2.45, 2.75) is 20.5 Å². The van der Waals surface area contributed by atoms with Crippen molar-refractivity contribution in [3.05, 3.63) is 64.1 Å². The quantitative estimate of drug-likeness (QED) is 0.512. The lowest BCUT2D eigenvalue weighted by molar-refractivity contribution is -0.122. The summed E-state index contributed by atoms with van der Waals surface area (Å²) in [5, 5.41) is 3.56. The minimum atomic E-state index is -0.356. The van der Waals surface area contributed by atoms with E-state index in [1.807, 2.05) is 13.8 Å². The fourth-order valence-corrected chi connectivity index (χ4v) is 3.46. The smallest absolute Gasteiger partial charge is 0.276 e. The molecule has 8 heteroatoms. The monoisotopic (exact) mass is 434 g/mol. The molecule has 1 aliphatic heterocycles. The molecular weight excluding hydrogens is 415 g/mol. The van der Waals surface area contributed by atoms with E-state index in [0.717, 1.165) is 0 Å². The summed E-state index contributed by atoms with van der Waals surface area (Å²) in [6.07, 6.45) is 1.65. The van der Waals surface area contributed by atoms with E-state index in [2.05, 4.69) is 5.32 Å². The van der Waals surface area contributed by atoms with E-state index < -0.39 is 0 Å². The molecule has 2 aromatic carbocycles. The Bertz CT molecular complexity index is 980. The Balaban J connectivity index is 1.89. The largest absolute Gasteiger partial charge is 0.490 e. The van der Waals surface area contributed by atoms with Gasteiger partial charge in [0.15, 0.2) is 16.6 Å². The van der Waals surface area contributed by atoms with Crippen LogP contribution < -0.4 is 14.8 Å². The van der Waals surface area contributed by atoms with Gasteiger partial charge in [-0.05, 0) is 55.9 Å². The van der Waals surface area contributed by atoms with Gasteiger partial charge < -0.3 is 14.8 Å². The van der Waals surface area contributed by atoms with Gasteiger partial charge in [-0.2, -0.15) is 0 Å². The number of likely N-dealkylation sites (N-methyl/N-ethyl adjacent to an activating group) is 1. The van der Waals surface area contributed by atoms with Crippen molar-refractivity contribution < 1.29 is 18.7 Å². The van der Waals surface area contributed by atoms with E-state index in [-0.39, 0.29) is 18.3 Å². The van der Waals surface area contributed by atoms with Crippen molar-refractivity contribution in [3.63, 3.8) is 0 Å². The highest BCUT2D eigenvalue weighted by Crippen LogP contribution is 2.38. The third-order valence-corrected chi connectivity index (χ3v) is 4.85. The lowest BCUT2D eigenvalue weighted by Gasteiger charge is -2.15. The van der Waals surface area contributed by atoms with Gasteiger partial charge in [-0.15, -0.1) is 0 Å². The van der Waals surface area contributed by atoms with Crippen LogP contribution in [0.3, 0.4) is 0 Å². The van der Waals surface area contributed by atoms with Crippen molar-refractivity contribution in [1.29, 1.82) is 0 Å². The number of nitrogens with one attached hydrogen (secondary N) is 1. The van der Waals surface area contributed by atoms with E-state index in [4.69, 9.17) is 33.3 Å². The Morgan fingerprint density at radius 2 is 2.00 bits per heavy atom. The first kappa shape index (κ1) is 21.1. The number of hydrogen-bond donors (Lipinski definition) is 1. The van der Waals surface area contributed by atoms with Crippen LogP contribution in [0.25, 0.3) is 6.08 Å². The van der Waals surface area contributed by atoms with Crippen LogP contribution in [0, 0.1) is 5.82 Å². The van der Waals surface area contributed by atoms with Gasteiger partial charge >= 0.3 is 0 Å². The molecule has 0 saturated carbocycles. The Kier molecular flexibility index (Phi) is 6.71.